The lowest BCUT2D eigenvalue weighted by Crippen LogP contribution is -2.42. The van der Waals surface area contributed by atoms with Crippen LogP contribution in [-0.4, -0.2) is 46.6 Å². The summed E-state index contributed by atoms with van der Waals surface area (Å²) < 4.78 is 6.16. The number of aryl methyl sites for hydroxylation is 1. The molecule has 4 heterocycles. The molecule has 2 aliphatic rings. The first-order valence-electron chi connectivity index (χ1n) is 9.15. The minimum Gasteiger partial charge on any atom is -0.371 e. The summed E-state index contributed by atoms with van der Waals surface area (Å²) in [5.74, 6) is 1.80. The van der Waals surface area contributed by atoms with Gasteiger partial charge >= 0.3 is 0 Å². The van der Waals surface area contributed by atoms with Crippen LogP contribution in [0.1, 0.15) is 23.9 Å². The third kappa shape index (κ3) is 2.98. The van der Waals surface area contributed by atoms with Crippen molar-refractivity contribution in [2.45, 2.75) is 31.5 Å². The van der Waals surface area contributed by atoms with Gasteiger partial charge in [0.1, 0.15) is 16.5 Å². The highest BCUT2D eigenvalue weighted by molar-refractivity contribution is 7.16. The van der Waals surface area contributed by atoms with E-state index in [1.807, 2.05) is 6.92 Å². The maximum absolute atomic E-state index is 6.16. The Balaban J connectivity index is 1.31. The fraction of sp³-hybridized carbons (Fsp3) is 0.400. The lowest BCUT2D eigenvalue weighted by molar-refractivity contribution is -0.0501. The highest BCUT2D eigenvalue weighted by atomic mass is 32.1. The van der Waals surface area contributed by atoms with Gasteiger partial charge in [0, 0.05) is 25.2 Å². The number of aromatic nitrogens is 2. The average Bonchev–Trinajstić information content (AvgIpc) is 3.27. The first-order valence-corrected chi connectivity index (χ1v) is 10.0. The van der Waals surface area contributed by atoms with Gasteiger partial charge in [0.25, 0.3) is 0 Å². The van der Waals surface area contributed by atoms with Crippen LogP contribution in [0.5, 0.6) is 0 Å². The maximum Gasteiger partial charge on any atom is 0.138 e. The fourth-order valence-electron chi connectivity index (χ4n) is 4.11. The van der Waals surface area contributed by atoms with E-state index in [1.54, 1.807) is 11.3 Å². The second kappa shape index (κ2) is 6.61. The summed E-state index contributed by atoms with van der Waals surface area (Å²) in [6.07, 6.45) is 1.27. The molecule has 26 heavy (non-hydrogen) atoms. The summed E-state index contributed by atoms with van der Waals surface area (Å²) in [7, 11) is 0. The molecule has 5 nitrogen and oxygen atoms in total. The van der Waals surface area contributed by atoms with Crippen molar-refractivity contribution in [2.24, 2.45) is 0 Å². The fourth-order valence-corrected chi connectivity index (χ4v) is 4.92. The number of anilines is 1. The Morgan fingerprint density at radius 2 is 2.04 bits per heavy atom. The predicted molar refractivity (Wildman–Crippen MR) is 105 cm³/mol. The van der Waals surface area contributed by atoms with Crippen molar-refractivity contribution >= 4 is 27.4 Å². The normalized spacial score (nSPS) is 26.1. The van der Waals surface area contributed by atoms with Gasteiger partial charge in [-0.05, 0) is 30.4 Å². The van der Waals surface area contributed by atoms with E-state index in [4.69, 9.17) is 4.74 Å². The summed E-state index contributed by atoms with van der Waals surface area (Å²) in [4.78, 5) is 12.8. The van der Waals surface area contributed by atoms with E-state index in [1.165, 1.54) is 5.56 Å². The second-order valence-electron chi connectivity index (χ2n) is 7.18. The van der Waals surface area contributed by atoms with E-state index in [0.717, 1.165) is 48.0 Å². The molecular weight excluding hydrogens is 344 g/mol. The quantitative estimate of drug-likeness (QED) is 0.767. The maximum atomic E-state index is 6.16. The smallest absolute Gasteiger partial charge is 0.138 e. The highest BCUT2D eigenvalue weighted by Gasteiger charge is 2.38. The van der Waals surface area contributed by atoms with Crippen LogP contribution >= 0.6 is 11.3 Å². The number of ether oxygens (including phenoxy) is 1. The van der Waals surface area contributed by atoms with Gasteiger partial charge in [0.2, 0.25) is 0 Å². The Morgan fingerprint density at radius 3 is 2.92 bits per heavy atom. The molecule has 0 radical (unpaired) electrons. The molecule has 5 rings (SSSR count). The number of rotatable bonds is 3. The van der Waals surface area contributed by atoms with Crippen LogP contribution < -0.4 is 5.32 Å². The summed E-state index contributed by atoms with van der Waals surface area (Å²) in [6.45, 7) is 4.75. The zero-order valence-corrected chi connectivity index (χ0v) is 15.6. The van der Waals surface area contributed by atoms with Crippen molar-refractivity contribution in [2.75, 3.05) is 25.0 Å². The highest BCUT2D eigenvalue weighted by Crippen LogP contribution is 2.32. The molecule has 0 saturated carbocycles. The second-order valence-corrected chi connectivity index (χ2v) is 8.07. The van der Waals surface area contributed by atoms with Crippen molar-refractivity contribution < 1.29 is 4.74 Å². The molecule has 0 aliphatic carbocycles. The Bertz CT molecular complexity index is 913. The lowest BCUT2D eigenvalue weighted by atomic mass is 10.1. The number of nitrogens with one attached hydrogen (secondary N) is 1. The van der Waals surface area contributed by atoms with Gasteiger partial charge < -0.3 is 10.1 Å². The summed E-state index contributed by atoms with van der Waals surface area (Å²) in [5, 5.41) is 6.89. The van der Waals surface area contributed by atoms with E-state index in [9.17, 15) is 0 Å². The third-order valence-electron chi connectivity index (χ3n) is 5.37. The van der Waals surface area contributed by atoms with Gasteiger partial charge in [-0.15, -0.1) is 11.3 Å². The largest absolute Gasteiger partial charge is 0.371 e. The number of hydrogen-bond donors (Lipinski definition) is 1. The van der Waals surface area contributed by atoms with Crippen LogP contribution in [0.25, 0.3) is 10.2 Å². The number of thiophene rings is 1. The summed E-state index contributed by atoms with van der Waals surface area (Å²) in [6, 6.07) is 13.6. The van der Waals surface area contributed by atoms with E-state index >= 15 is 0 Å². The summed E-state index contributed by atoms with van der Waals surface area (Å²) >= 11 is 1.67. The number of hydrogen-bond acceptors (Lipinski definition) is 6. The monoisotopic (exact) mass is 366 g/mol. The van der Waals surface area contributed by atoms with Crippen molar-refractivity contribution in [3.8, 4) is 0 Å². The van der Waals surface area contributed by atoms with Gasteiger partial charge in [-0.25, -0.2) is 9.97 Å². The standard InChI is InChI=1S/C20H22N4OS/c1-13-21-19(17-7-8-26-20(17)22-13)23-15-9-16-12-25-18(11-24(16)10-15)14-5-3-2-4-6-14/h2-8,15-16,18H,9-12H2,1H3,(H,21,22,23)/t15-,16-,18+/m0/s1. The van der Waals surface area contributed by atoms with Crippen LogP contribution in [0, 0.1) is 6.92 Å². The Labute approximate surface area is 157 Å². The number of morpholine rings is 1. The SMILES string of the molecule is Cc1nc(N[C@H]2C[C@H]3CO[C@@H](c4ccccc4)CN3C2)c2ccsc2n1. The minimum atomic E-state index is 0.177. The van der Waals surface area contributed by atoms with Crippen LogP contribution in [0.4, 0.5) is 5.82 Å². The molecule has 2 fully saturated rings. The van der Waals surface area contributed by atoms with Crippen molar-refractivity contribution in [1.82, 2.24) is 14.9 Å². The van der Waals surface area contributed by atoms with Crippen molar-refractivity contribution in [1.29, 1.82) is 0 Å². The van der Waals surface area contributed by atoms with Gasteiger partial charge in [0.05, 0.1) is 18.1 Å². The first kappa shape index (κ1) is 16.2. The van der Waals surface area contributed by atoms with Gasteiger partial charge in [-0.3, -0.25) is 4.90 Å². The summed E-state index contributed by atoms with van der Waals surface area (Å²) in [5.41, 5.74) is 1.27. The van der Waals surface area contributed by atoms with Gasteiger partial charge in [-0.1, -0.05) is 30.3 Å². The van der Waals surface area contributed by atoms with Crippen LogP contribution in [0.3, 0.4) is 0 Å². The topological polar surface area (TPSA) is 50.3 Å². The molecule has 0 bridgehead atoms. The van der Waals surface area contributed by atoms with Gasteiger partial charge in [-0.2, -0.15) is 0 Å². The molecule has 2 aliphatic heterocycles. The number of benzene rings is 1. The van der Waals surface area contributed by atoms with Crippen LogP contribution in [0.15, 0.2) is 41.8 Å². The Hall–Kier alpha value is -2.02. The van der Waals surface area contributed by atoms with Crippen molar-refractivity contribution in [3.05, 3.63) is 53.2 Å². The lowest BCUT2D eigenvalue weighted by Gasteiger charge is -2.35. The predicted octanol–water partition coefficient (Wildman–Crippen LogP) is 3.63. The van der Waals surface area contributed by atoms with E-state index in [0.29, 0.717) is 12.1 Å². The van der Waals surface area contributed by atoms with E-state index < -0.39 is 0 Å². The molecule has 2 aromatic heterocycles. The molecule has 1 aromatic carbocycles. The molecule has 3 aromatic rings. The number of fused-ring (bicyclic) bond motifs is 2. The Morgan fingerprint density at radius 1 is 1.15 bits per heavy atom. The third-order valence-corrected chi connectivity index (χ3v) is 6.17. The van der Waals surface area contributed by atoms with Crippen molar-refractivity contribution in [3.63, 3.8) is 0 Å². The van der Waals surface area contributed by atoms with Gasteiger partial charge in [0.15, 0.2) is 0 Å². The molecule has 0 unspecified atom stereocenters. The molecule has 1 N–H and O–H groups in total. The molecule has 0 spiro atoms. The van der Waals surface area contributed by atoms with E-state index in [-0.39, 0.29) is 6.10 Å². The molecule has 3 atom stereocenters. The number of nitrogens with zero attached hydrogens (tertiary/aromatic N) is 3. The Kier molecular flexibility index (Phi) is 4.11. The average molecular weight is 366 g/mol. The molecular formula is C20H22N4OS. The molecule has 0 amide bonds. The van der Waals surface area contributed by atoms with E-state index in [2.05, 4.69) is 62.0 Å². The molecule has 2 saturated heterocycles. The molecule has 6 heteroatoms. The zero-order valence-electron chi connectivity index (χ0n) is 14.8. The zero-order chi connectivity index (χ0) is 17.5. The first-order chi connectivity index (χ1) is 12.8. The van der Waals surface area contributed by atoms with Crippen LogP contribution in [0.2, 0.25) is 0 Å². The van der Waals surface area contributed by atoms with Crippen LogP contribution in [-0.2, 0) is 4.74 Å². The molecule has 134 valence electrons. The minimum absolute atomic E-state index is 0.177.